The summed E-state index contributed by atoms with van der Waals surface area (Å²) in [6.45, 7) is 1.90. The van der Waals surface area contributed by atoms with Crippen LogP contribution in [0.5, 0.6) is 5.75 Å². The summed E-state index contributed by atoms with van der Waals surface area (Å²) >= 11 is 1.54. The van der Waals surface area contributed by atoms with Crippen LogP contribution < -0.4 is 0 Å². The number of rotatable bonds is 1. The molecule has 2 aromatic rings. The zero-order valence-corrected chi connectivity index (χ0v) is 8.01. The maximum absolute atomic E-state index is 9.66. The maximum Gasteiger partial charge on any atom is 0.138 e. The van der Waals surface area contributed by atoms with E-state index in [1.165, 1.54) is 11.3 Å². The van der Waals surface area contributed by atoms with Gasteiger partial charge in [0.2, 0.25) is 0 Å². The molecule has 66 valence electrons. The molecule has 13 heavy (non-hydrogen) atoms. The molecule has 2 rings (SSSR count). The van der Waals surface area contributed by atoms with Gasteiger partial charge in [0.25, 0.3) is 0 Å². The summed E-state index contributed by atoms with van der Waals surface area (Å²) in [5, 5.41) is 11.6. The van der Waals surface area contributed by atoms with Crippen LogP contribution in [-0.2, 0) is 0 Å². The Morgan fingerprint density at radius 2 is 2.23 bits per heavy atom. The summed E-state index contributed by atoms with van der Waals surface area (Å²) in [6, 6.07) is 5.66. The maximum atomic E-state index is 9.66. The van der Waals surface area contributed by atoms with Crippen molar-refractivity contribution in [1.29, 1.82) is 0 Å². The molecule has 0 amide bonds. The fourth-order valence-corrected chi connectivity index (χ4v) is 1.90. The van der Waals surface area contributed by atoms with Gasteiger partial charge < -0.3 is 5.11 Å². The molecule has 0 spiro atoms. The van der Waals surface area contributed by atoms with Gasteiger partial charge in [0.1, 0.15) is 5.75 Å². The minimum absolute atomic E-state index is 0.351. The molecule has 0 aromatic carbocycles. The molecule has 2 heterocycles. The molecule has 2 nitrogen and oxygen atoms in total. The van der Waals surface area contributed by atoms with Crippen LogP contribution >= 0.6 is 11.3 Å². The van der Waals surface area contributed by atoms with Gasteiger partial charge in [0, 0.05) is 16.5 Å². The van der Waals surface area contributed by atoms with Crippen molar-refractivity contribution < 1.29 is 5.11 Å². The van der Waals surface area contributed by atoms with Crippen molar-refractivity contribution in [3.8, 4) is 17.0 Å². The highest BCUT2D eigenvalue weighted by Gasteiger charge is 2.08. The molecule has 0 aliphatic carbocycles. The summed E-state index contributed by atoms with van der Waals surface area (Å²) in [7, 11) is 0. The van der Waals surface area contributed by atoms with Crippen LogP contribution in [0.25, 0.3) is 11.3 Å². The van der Waals surface area contributed by atoms with Crippen LogP contribution in [-0.4, -0.2) is 10.1 Å². The fraction of sp³-hybridized carbons (Fsp3) is 0.100. The van der Waals surface area contributed by atoms with E-state index in [1.54, 1.807) is 6.20 Å². The first-order valence-corrected chi connectivity index (χ1v) is 4.85. The largest absolute Gasteiger partial charge is 0.506 e. The molecule has 0 saturated carbocycles. The Hall–Kier alpha value is -1.35. The standard InChI is InChI=1S/C10H9NOS/c1-7-10(12)8(6-13-7)9-4-2-3-5-11-9/h2-6,12H,1H3. The van der Waals surface area contributed by atoms with Crippen LogP contribution in [0.15, 0.2) is 29.8 Å². The Balaban J connectivity index is 2.53. The monoisotopic (exact) mass is 191 g/mol. The minimum atomic E-state index is 0.351. The second-order valence-corrected chi connectivity index (χ2v) is 3.85. The molecule has 0 fully saturated rings. The molecule has 0 unspecified atom stereocenters. The first kappa shape index (κ1) is 8.26. The fourth-order valence-electron chi connectivity index (χ4n) is 1.15. The average Bonchev–Trinajstić information content (AvgIpc) is 2.49. The molecular weight excluding hydrogens is 182 g/mol. The predicted octanol–water partition coefficient (Wildman–Crippen LogP) is 2.82. The number of thiophene rings is 1. The molecule has 3 heteroatoms. The number of pyridine rings is 1. The molecular formula is C10H9NOS. The van der Waals surface area contributed by atoms with Gasteiger partial charge in [-0.05, 0) is 19.1 Å². The Bertz CT molecular complexity index is 408. The van der Waals surface area contributed by atoms with E-state index in [9.17, 15) is 5.11 Å². The van der Waals surface area contributed by atoms with Crippen molar-refractivity contribution in [2.45, 2.75) is 6.92 Å². The van der Waals surface area contributed by atoms with E-state index in [0.29, 0.717) is 5.75 Å². The van der Waals surface area contributed by atoms with Crippen molar-refractivity contribution in [1.82, 2.24) is 4.98 Å². The number of nitrogens with zero attached hydrogens (tertiary/aromatic N) is 1. The van der Waals surface area contributed by atoms with Crippen molar-refractivity contribution in [2.75, 3.05) is 0 Å². The molecule has 1 N–H and O–H groups in total. The summed E-state index contributed by atoms with van der Waals surface area (Å²) in [6.07, 6.45) is 1.72. The Morgan fingerprint density at radius 1 is 1.38 bits per heavy atom. The minimum Gasteiger partial charge on any atom is -0.506 e. The van der Waals surface area contributed by atoms with Gasteiger partial charge in [0.15, 0.2) is 0 Å². The third-order valence-corrected chi connectivity index (χ3v) is 2.78. The van der Waals surface area contributed by atoms with Gasteiger partial charge in [-0.3, -0.25) is 4.98 Å². The zero-order chi connectivity index (χ0) is 9.26. The SMILES string of the molecule is Cc1scc(-c2ccccn2)c1O. The summed E-state index contributed by atoms with van der Waals surface area (Å²) in [5.41, 5.74) is 1.65. The van der Waals surface area contributed by atoms with Gasteiger partial charge in [-0.2, -0.15) is 0 Å². The first-order chi connectivity index (χ1) is 6.29. The lowest BCUT2D eigenvalue weighted by atomic mass is 10.2. The van der Waals surface area contributed by atoms with E-state index < -0.39 is 0 Å². The summed E-state index contributed by atoms with van der Waals surface area (Å²) in [4.78, 5) is 5.10. The smallest absolute Gasteiger partial charge is 0.138 e. The average molecular weight is 191 g/mol. The van der Waals surface area contributed by atoms with Crippen LogP contribution in [0, 0.1) is 6.92 Å². The van der Waals surface area contributed by atoms with E-state index >= 15 is 0 Å². The van der Waals surface area contributed by atoms with Gasteiger partial charge in [-0.25, -0.2) is 0 Å². The number of aromatic hydroxyl groups is 1. The third-order valence-electron chi connectivity index (χ3n) is 1.88. The molecule has 0 aliphatic rings. The lowest BCUT2D eigenvalue weighted by Gasteiger charge is -1.97. The van der Waals surface area contributed by atoms with Crippen molar-refractivity contribution in [3.05, 3.63) is 34.7 Å². The topological polar surface area (TPSA) is 33.1 Å². The highest BCUT2D eigenvalue weighted by atomic mass is 32.1. The van der Waals surface area contributed by atoms with Crippen molar-refractivity contribution in [3.63, 3.8) is 0 Å². The molecule has 0 bridgehead atoms. The zero-order valence-electron chi connectivity index (χ0n) is 7.19. The summed E-state index contributed by atoms with van der Waals surface area (Å²) < 4.78 is 0. The number of aromatic nitrogens is 1. The van der Waals surface area contributed by atoms with E-state index in [4.69, 9.17) is 0 Å². The van der Waals surface area contributed by atoms with E-state index in [1.807, 2.05) is 30.5 Å². The molecule has 2 aromatic heterocycles. The second-order valence-electron chi connectivity index (χ2n) is 2.77. The van der Waals surface area contributed by atoms with Gasteiger partial charge in [-0.15, -0.1) is 11.3 Å². The number of aryl methyl sites for hydroxylation is 1. The Kier molecular flexibility index (Phi) is 2.02. The van der Waals surface area contributed by atoms with Crippen LogP contribution in [0.2, 0.25) is 0 Å². The van der Waals surface area contributed by atoms with Crippen LogP contribution in [0.3, 0.4) is 0 Å². The molecule has 0 saturated heterocycles. The lowest BCUT2D eigenvalue weighted by molar-refractivity contribution is 0.476. The van der Waals surface area contributed by atoms with Gasteiger partial charge in [0.05, 0.1) is 11.3 Å². The molecule has 0 aliphatic heterocycles. The number of hydrogen-bond acceptors (Lipinski definition) is 3. The predicted molar refractivity (Wildman–Crippen MR) is 54.0 cm³/mol. The molecule has 0 radical (unpaired) electrons. The Morgan fingerprint density at radius 3 is 2.77 bits per heavy atom. The van der Waals surface area contributed by atoms with Crippen molar-refractivity contribution >= 4 is 11.3 Å². The summed E-state index contributed by atoms with van der Waals surface area (Å²) in [5.74, 6) is 0.351. The van der Waals surface area contributed by atoms with E-state index in [2.05, 4.69) is 4.98 Å². The highest BCUT2D eigenvalue weighted by Crippen LogP contribution is 2.35. The van der Waals surface area contributed by atoms with Crippen LogP contribution in [0.4, 0.5) is 0 Å². The third kappa shape index (κ3) is 1.42. The quantitative estimate of drug-likeness (QED) is 0.751. The van der Waals surface area contributed by atoms with Crippen LogP contribution in [0.1, 0.15) is 4.88 Å². The van der Waals surface area contributed by atoms with E-state index in [0.717, 1.165) is 16.1 Å². The molecule has 0 atom stereocenters. The van der Waals surface area contributed by atoms with Crippen molar-refractivity contribution in [2.24, 2.45) is 0 Å². The van der Waals surface area contributed by atoms with Gasteiger partial charge >= 0.3 is 0 Å². The Labute approximate surface area is 80.5 Å². The first-order valence-electron chi connectivity index (χ1n) is 3.97. The second kappa shape index (κ2) is 3.18. The van der Waals surface area contributed by atoms with E-state index in [-0.39, 0.29) is 0 Å². The normalized spacial score (nSPS) is 10.2. The highest BCUT2D eigenvalue weighted by molar-refractivity contribution is 7.10. The lowest BCUT2D eigenvalue weighted by Crippen LogP contribution is -1.78. The van der Waals surface area contributed by atoms with Gasteiger partial charge in [-0.1, -0.05) is 6.07 Å². The number of hydrogen-bond donors (Lipinski definition) is 1.